The molecule has 0 bridgehead atoms. The largest absolute Gasteiger partial charge is 0.491 e. The van der Waals surface area contributed by atoms with E-state index in [1.54, 1.807) is 33.9 Å². The van der Waals surface area contributed by atoms with Crippen LogP contribution in [-0.4, -0.2) is 90.1 Å². The van der Waals surface area contributed by atoms with E-state index in [4.69, 9.17) is 9.84 Å². The van der Waals surface area contributed by atoms with E-state index in [-0.39, 0.29) is 30.2 Å². The van der Waals surface area contributed by atoms with Gasteiger partial charge in [-0.05, 0) is 73.9 Å². The number of anilines is 1. The first-order chi connectivity index (χ1) is 25.9. The molecular formula is C39H37N9O5. The summed E-state index contributed by atoms with van der Waals surface area (Å²) in [5, 5.41) is 15.5. The molecule has 4 amide bonds. The number of hydrogen-bond acceptors (Lipinski definition) is 9. The summed E-state index contributed by atoms with van der Waals surface area (Å²) in [4.78, 5) is 58.5. The number of ether oxygens (including phenoxy) is 1. The summed E-state index contributed by atoms with van der Waals surface area (Å²) in [5.41, 5.74) is 4.53. The number of rotatable bonds is 8. The molecule has 1 atom stereocenters. The molecule has 9 rings (SSSR count). The van der Waals surface area contributed by atoms with E-state index >= 15 is 0 Å². The van der Waals surface area contributed by atoms with Gasteiger partial charge in [0.15, 0.2) is 5.65 Å². The van der Waals surface area contributed by atoms with Gasteiger partial charge in [-0.3, -0.25) is 34.1 Å². The van der Waals surface area contributed by atoms with Crippen molar-refractivity contribution in [2.45, 2.75) is 57.2 Å². The number of likely N-dealkylation sites (tertiary alicyclic amines) is 1. The molecule has 6 heterocycles. The first kappa shape index (κ1) is 32.8. The zero-order valence-electron chi connectivity index (χ0n) is 29.0. The normalized spacial score (nSPS) is 19.3. The van der Waals surface area contributed by atoms with Gasteiger partial charge in [-0.25, -0.2) is 9.50 Å². The molecule has 14 nitrogen and oxygen atoms in total. The van der Waals surface area contributed by atoms with Crippen LogP contribution in [0.3, 0.4) is 0 Å². The van der Waals surface area contributed by atoms with Gasteiger partial charge in [0.2, 0.25) is 11.8 Å². The number of hydrogen-bond donors (Lipinski definition) is 2. The summed E-state index contributed by atoms with van der Waals surface area (Å²) in [6.45, 7) is 3.31. The number of carbonyl (C=O) groups excluding carboxylic acids is 4. The van der Waals surface area contributed by atoms with Crippen molar-refractivity contribution in [1.82, 2.24) is 39.5 Å². The lowest BCUT2D eigenvalue weighted by Gasteiger charge is -2.30. The summed E-state index contributed by atoms with van der Waals surface area (Å²) in [5.74, 6) is 6.50. The minimum atomic E-state index is -0.633. The van der Waals surface area contributed by atoms with Crippen LogP contribution in [0.5, 0.6) is 5.75 Å². The maximum Gasteiger partial charge on any atom is 0.261 e. The van der Waals surface area contributed by atoms with Crippen molar-refractivity contribution in [3.63, 3.8) is 0 Å². The van der Waals surface area contributed by atoms with E-state index in [0.717, 1.165) is 60.8 Å². The molecule has 3 fully saturated rings. The van der Waals surface area contributed by atoms with Crippen molar-refractivity contribution in [3.8, 4) is 17.6 Å². The van der Waals surface area contributed by atoms with Crippen LogP contribution in [0.4, 0.5) is 5.69 Å². The Kier molecular flexibility index (Phi) is 8.35. The van der Waals surface area contributed by atoms with Crippen LogP contribution < -0.4 is 15.4 Å². The van der Waals surface area contributed by atoms with Gasteiger partial charge in [0.25, 0.3) is 11.8 Å². The molecule has 2 saturated heterocycles. The summed E-state index contributed by atoms with van der Waals surface area (Å²) in [6, 6.07) is 10.8. The van der Waals surface area contributed by atoms with E-state index < -0.39 is 11.9 Å². The second-order valence-electron chi connectivity index (χ2n) is 14.3. The number of fused-ring (bicyclic) bond motifs is 3. The van der Waals surface area contributed by atoms with Crippen LogP contribution in [0.15, 0.2) is 61.2 Å². The lowest BCUT2D eigenvalue weighted by Crippen LogP contribution is -2.52. The molecule has 14 heteroatoms. The van der Waals surface area contributed by atoms with Gasteiger partial charge >= 0.3 is 0 Å². The van der Waals surface area contributed by atoms with E-state index in [2.05, 4.69) is 37.5 Å². The third-order valence-corrected chi connectivity index (χ3v) is 10.6. The highest BCUT2D eigenvalue weighted by Crippen LogP contribution is 2.35. The topological polar surface area (TPSA) is 156 Å². The third kappa shape index (κ3) is 6.60. The maximum absolute atomic E-state index is 13.4. The molecule has 3 aromatic heterocycles. The van der Waals surface area contributed by atoms with Gasteiger partial charge in [-0.15, -0.1) is 0 Å². The van der Waals surface area contributed by atoms with Gasteiger partial charge in [-0.1, -0.05) is 11.8 Å². The van der Waals surface area contributed by atoms with Crippen LogP contribution in [0.1, 0.15) is 76.4 Å². The van der Waals surface area contributed by atoms with Crippen LogP contribution in [0.2, 0.25) is 0 Å². The maximum atomic E-state index is 13.4. The first-order valence-corrected chi connectivity index (χ1v) is 18.1. The smallest absolute Gasteiger partial charge is 0.261 e. The van der Waals surface area contributed by atoms with E-state index in [1.807, 2.05) is 35.1 Å². The van der Waals surface area contributed by atoms with Gasteiger partial charge < -0.3 is 15.0 Å². The Balaban J connectivity index is 0.837. The second-order valence-corrected chi connectivity index (χ2v) is 14.3. The summed E-state index contributed by atoms with van der Waals surface area (Å²) in [6.07, 6.45) is 11.7. The lowest BCUT2D eigenvalue weighted by atomic mass is 10.0. The molecule has 5 aromatic rings. The molecule has 4 aliphatic rings. The van der Waals surface area contributed by atoms with Crippen LogP contribution in [-0.2, 0) is 16.1 Å². The Hall–Kier alpha value is -6.07. The number of imide groups is 1. The number of nitrogens with one attached hydrogen (secondary N) is 2. The van der Waals surface area contributed by atoms with Crippen LogP contribution >= 0.6 is 0 Å². The van der Waals surface area contributed by atoms with E-state index in [1.165, 1.54) is 6.20 Å². The van der Waals surface area contributed by atoms with Crippen molar-refractivity contribution in [1.29, 1.82) is 0 Å². The Bertz CT molecular complexity index is 2360. The standard InChI is InChI=1S/C39H37N9O5/c49-35-9-8-33(38(51)43-35)46-21-26-17-24(6-7-29(26)39(46)52)3-1-13-45-15-10-28(11-16-45)48-22-27-18-32(34(19-31(27)44-48)53-23-25-4-5-25)42-37(50)30-20-41-47-14-2-12-40-36(30)47/h2,6-7,12,14,17-20,22,25,28,33H,4-5,8-11,13,15-16,21,23H2,(H,42,50)(H,43,49,51). The highest BCUT2D eigenvalue weighted by Gasteiger charge is 2.39. The monoisotopic (exact) mass is 711 g/mol. The molecule has 1 saturated carbocycles. The van der Waals surface area contributed by atoms with Gasteiger partial charge in [-0.2, -0.15) is 10.2 Å². The number of amides is 4. The highest BCUT2D eigenvalue weighted by molar-refractivity contribution is 6.09. The van der Waals surface area contributed by atoms with Gasteiger partial charge in [0.05, 0.1) is 36.6 Å². The fourth-order valence-electron chi connectivity index (χ4n) is 7.39. The second kappa shape index (κ2) is 13.5. The number of piperidine rings is 2. The number of carbonyl (C=O) groups is 4. The Morgan fingerprint density at radius 2 is 1.92 bits per heavy atom. The molecule has 1 unspecified atom stereocenters. The quantitative estimate of drug-likeness (QED) is 0.182. The predicted molar refractivity (Wildman–Crippen MR) is 193 cm³/mol. The summed E-state index contributed by atoms with van der Waals surface area (Å²) < 4.78 is 9.83. The summed E-state index contributed by atoms with van der Waals surface area (Å²) in [7, 11) is 0. The fourth-order valence-corrected chi connectivity index (χ4v) is 7.39. The number of aromatic nitrogens is 5. The molecule has 0 radical (unpaired) electrons. The average molecular weight is 712 g/mol. The molecule has 1 aliphatic carbocycles. The van der Waals surface area contributed by atoms with Gasteiger partial charge in [0.1, 0.15) is 17.4 Å². The average Bonchev–Trinajstić information content (AvgIpc) is 3.59. The van der Waals surface area contributed by atoms with Crippen molar-refractivity contribution < 1.29 is 23.9 Å². The summed E-state index contributed by atoms with van der Waals surface area (Å²) >= 11 is 0. The number of benzene rings is 2. The SMILES string of the molecule is O=C1CCC(N2Cc3cc(C#CCN4CCC(n5cc6cc(NC(=O)c7cnn8cccnc78)c(OCC7CC7)cc6n5)CC4)ccc3C2=O)C(=O)N1. The molecule has 2 aromatic carbocycles. The minimum absolute atomic E-state index is 0.186. The molecular weight excluding hydrogens is 674 g/mol. The molecule has 268 valence electrons. The number of nitrogens with zero attached hydrogens (tertiary/aromatic N) is 7. The fraction of sp³-hybridized carbons (Fsp3) is 0.359. The molecule has 0 spiro atoms. The lowest BCUT2D eigenvalue weighted by molar-refractivity contribution is -0.136. The van der Waals surface area contributed by atoms with Crippen molar-refractivity contribution in [2.24, 2.45) is 5.92 Å². The Labute approximate surface area is 304 Å². The Morgan fingerprint density at radius 3 is 2.75 bits per heavy atom. The minimum Gasteiger partial charge on any atom is -0.491 e. The van der Waals surface area contributed by atoms with Crippen molar-refractivity contribution in [2.75, 3.05) is 31.6 Å². The Morgan fingerprint density at radius 1 is 1.06 bits per heavy atom. The zero-order chi connectivity index (χ0) is 36.1. The van der Waals surface area contributed by atoms with Crippen molar-refractivity contribution >= 4 is 45.9 Å². The van der Waals surface area contributed by atoms with Crippen LogP contribution in [0, 0.1) is 17.8 Å². The molecule has 2 N–H and O–H groups in total. The van der Waals surface area contributed by atoms with Gasteiger partial charge in [0, 0.05) is 67.2 Å². The molecule has 3 aliphatic heterocycles. The van der Waals surface area contributed by atoms with E-state index in [9.17, 15) is 19.2 Å². The van der Waals surface area contributed by atoms with Crippen LogP contribution in [0.25, 0.3) is 16.6 Å². The first-order valence-electron chi connectivity index (χ1n) is 18.1. The van der Waals surface area contributed by atoms with E-state index in [0.29, 0.717) is 60.2 Å². The molecule has 53 heavy (non-hydrogen) atoms. The zero-order valence-corrected chi connectivity index (χ0v) is 29.0. The predicted octanol–water partition coefficient (Wildman–Crippen LogP) is 3.57. The third-order valence-electron chi connectivity index (χ3n) is 10.6. The van der Waals surface area contributed by atoms with Crippen molar-refractivity contribution in [3.05, 3.63) is 83.4 Å². The highest BCUT2D eigenvalue weighted by atomic mass is 16.5.